The van der Waals surface area contributed by atoms with Crippen LogP contribution in [-0.2, 0) is 0 Å². The zero-order valence-electron chi connectivity index (χ0n) is 9.41. The number of benzene rings is 1. The molecule has 0 N–H and O–H groups in total. The van der Waals surface area contributed by atoms with Gasteiger partial charge in [0.2, 0.25) is 0 Å². The number of aryl methyl sites for hydroxylation is 1. The molecule has 0 aliphatic carbocycles. The van der Waals surface area contributed by atoms with E-state index in [2.05, 4.69) is 12.6 Å². The summed E-state index contributed by atoms with van der Waals surface area (Å²) < 4.78 is 5.15. The van der Waals surface area contributed by atoms with Crippen LogP contribution in [0.1, 0.15) is 16.5 Å². The molecule has 1 aromatic rings. The van der Waals surface area contributed by atoms with Gasteiger partial charge in [-0.3, -0.25) is 4.90 Å². The van der Waals surface area contributed by atoms with Crippen LogP contribution in [0.5, 0.6) is 5.75 Å². The van der Waals surface area contributed by atoms with Gasteiger partial charge in [-0.15, -0.1) is 0 Å². The summed E-state index contributed by atoms with van der Waals surface area (Å²) in [5.41, 5.74) is 2.24. The first-order valence-corrected chi connectivity index (χ1v) is 5.55. The van der Waals surface area contributed by atoms with Gasteiger partial charge in [0, 0.05) is 0 Å². The Labute approximate surface area is 102 Å². The summed E-state index contributed by atoms with van der Waals surface area (Å²) in [5.74, 6) is 0.706. The highest BCUT2D eigenvalue weighted by molar-refractivity contribution is 7.80. The van der Waals surface area contributed by atoms with Crippen molar-refractivity contribution in [1.29, 1.82) is 0 Å². The topological polar surface area (TPSA) is 12.5 Å². The molecule has 1 unspecified atom stereocenters. The van der Waals surface area contributed by atoms with Gasteiger partial charge in [0.05, 0.1) is 17.5 Å². The Hall–Kier alpha value is -0.380. The SMILES string of the molecule is COc1cc(C)c(C(S)N(C)C)cc1Cl. The van der Waals surface area contributed by atoms with E-state index in [0.29, 0.717) is 10.8 Å². The highest BCUT2D eigenvalue weighted by Crippen LogP contribution is 2.33. The van der Waals surface area contributed by atoms with Crippen molar-refractivity contribution in [1.82, 2.24) is 4.90 Å². The molecule has 15 heavy (non-hydrogen) atoms. The Morgan fingerprint density at radius 1 is 1.40 bits per heavy atom. The first kappa shape index (κ1) is 12.7. The van der Waals surface area contributed by atoms with Crippen LogP contribution in [0.4, 0.5) is 0 Å². The van der Waals surface area contributed by atoms with Crippen molar-refractivity contribution in [2.75, 3.05) is 21.2 Å². The number of hydrogen-bond acceptors (Lipinski definition) is 3. The molecule has 0 aromatic heterocycles. The molecule has 0 aliphatic rings. The van der Waals surface area contributed by atoms with Crippen molar-refractivity contribution in [3.8, 4) is 5.75 Å². The lowest BCUT2D eigenvalue weighted by molar-refractivity contribution is 0.390. The molecule has 0 heterocycles. The molecule has 0 saturated carbocycles. The largest absolute Gasteiger partial charge is 0.495 e. The van der Waals surface area contributed by atoms with E-state index in [9.17, 15) is 0 Å². The number of ether oxygens (including phenoxy) is 1. The van der Waals surface area contributed by atoms with E-state index in [1.165, 1.54) is 0 Å². The molecular weight excluding hydrogens is 230 g/mol. The van der Waals surface area contributed by atoms with E-state index in [1.54, 1.807) is 7.11 Å². The molecule has 0 amide bonds. The Balaban J connectivity index is 3.15. The maximum absolute atomic E-state index is 6.07. The van der Waals surface area contributed by atoms with Gasteiger partial charge >= 0.3 is 0 Å². The van der Waals surface area contributed by atoms with Crippen LogP contribution in [0.3, 0.4) is 0 Å². The fraction of sp³-hybridized carbons (Fsp3) is 0.455. The second-order valence-electron chi connectivity index (χ2n) is 3.68. The minimum Gasteiger partial charge on any atom is -0.495 e. The van der Waals surface area contributed by atoms with Gasteiger partial charge in [-0.05, 0) is 44.3 Å². The highest BCUT2D eigenvalue weighted by Gasteiger charge is 2.14. The van der Waals surface area contributed by atoms with Crippen molar-refractivity contribution in [2.24, 2.45) is 0 Å². The molecular formula is C11H16ClNOS. The summed E-state index contributed by atoms with van der Waals surface area (Å²) in [6, 6.07) is 3.85. The van der Waals surface area contributed by atoms with E-state index in [4.69, 9.17) is 16.3 Å². The van der Waals surface area contributed by atoms with E-state index in [0.717, 1.165) is 11.1 Å². The summed E-state index contributed by atoms with van der Waals surface area (Å²) in [4.78, 5) is 2.02. The molecule has 0 bridgehead atoms. The minimum atomic E-state index is 0.0495. The van der Waals surface area contributed by atoms with Gasteiger partial charge in [0.15, 0.2) is 0 Å². The maximum atomic E-state index is 6.07. The summed E-state index contributed by atoms with van der Waals surface area (Å²) in [5, 5.41) is 0.674. The Morgan fingerprint density at radius 2 is 2.00 bits per heavy atom. The van der Waals surface area contributed by atoms with Crippen LogP contribution in [-0.4, -0.2) is 26.1 Å². The monoisotopic (exact) mass is 245 g/mol. The van der Waals surface area contributed by atoms with Gasteiger partial charge in [-0.2, -0.15) is 12.6 Å². The lowest BCUT2D eigenvalue weighted by Gasteiger charge is -2.22. The molecule has 0 saturated heterocycles. The number of thiol groups is 1. The average molecular weight is 246 g/mol. The number of halogens is 1. The normalized spacial score (nSPS) is 13.0. The predicted molar refractivity (Wildman–Crippen MR) is 68.2 cm³/mol. The minimum absolute atomic E-state index is 0.0495. The number of hydrogen-bond donors (Lipinski definition) is 1. The van der Waals surface area contributed by atoms with Crippen molar-refractivity contribution >= 4 is 24.2 Å². The number of methoxy groups -OCH3 is 1. The Bertz CT molecular complexity index is 355. The molecule has 1 rings (SSSR count). The number of nitrogens with zero attached hydrogens (tertiary/aromatic N) is 1. The van der Waals surface area contributed by atoms with Crippen LogP contribution in [0.15, 0.2) is 12.1 Å². The van der Waals surface area contributed by atoms with Crippen LogP contribution >= 0.6 is 24.2 Å². The molecule has 1 aromatic carbocycles. The molecule has 0 aliphatic heterocycles. The molecule has 2 nitrogen and oxygen atoms in total. The third kappa shape index (κ3) is 2.80. The molecule has 0 fully saturated rings. The van der Waals surface area contributed by atoms with Crippen LogP contribution in [0, 0.1) is 6.92 Å². The van der Waals surface area contributed by atoms with Gasteiger partial charge in [0.25, 0.3) is 0 Å². The lowest BCUT2D eigenvalue weighted by Crippen LogP contribution is -2.15. The molecule has 84 valence electrons. The van der Waals surface area contributed by atoms with Gasteiger partial charge in [0.1, 0.15) is 5.75 Å². The second-order valence-corrected chi connectivity index (χ2v) is 4.58. The Morgan fingerprint density at radius 3 is 2.47 bits per heavy atom. The molecule has 1 atom stereocenters. The first-order valence-electron chi connectivity index (χ1n) is 4.66. The van der Waals surface area contributed by atoms with E-state index >= 15 is 0 Å². The maximum Gasteiger partial charge on any atom is 0.137 e. The first-order chi connectivity index (χ1) is 6.97. The molecule has 0 radical (unpaired) electrons. The van der Waals surface area contributed by atoms with Crippen LogP contribution in [0.25, 0.3) is 0 Å². The lowest BCUT2D eigenvalue weighted by atomic mass is 10.1. The fourth-order valence-corrected chi connectivity index (χ4v) is 1.91. The molecule has 4 heteroatoms. The van der Waals surface area contributed by atoms with E-state index < -0.39 is 0 Å². The third-order valence-electron chi connectivity index (χ3n) is 2.31. The van der Waals surface area contributed by atoms with E-state index in [1.807, 2.05) is 38.1 Å². The smallest absolute Gasteiger partial charge is 0.137 e. The van der Waals surface area contributed by atoms with Crippen LogP contribution in [0.2, 0.25) is 5.02 Å². The van der Waals surface area contributed by atoms with Crippen molar-refractivity contribution in [3.05, 3.63) is 28.3 Å². The quantitative estimate of drug-likeness (QED) is 0.649. The van der Waals surface area contributed by atoms with Gasteiger partial charge in [-0.25, -0.2) is 0 Å². The van der Waals surface area contributed by atoms with Crippen molar-refractivity contribution in [2.45, 2.75) is 12.3 Å². The van der Waals surface area contributed by atoms with Crippen molar-refractivity contribution in [3.63, 3.8) is 0 Å². The summed E-state index contributed by atoms with van der Waals surface area (Å²) >= 11 is 10.6. The average Bonchev–Trinajstić information content (AvgIpc) is 2.19. The Kier molecular flexibility index (Phi) is 4.32. The second kappa shape index (κ2) is 5.10. The third-order valence-corrected chi connectivity index (χ3v) is 3.34. The van der Waals surface area contributed by atoms with Gasteiger partial charge < -0.3 is 4.74 Å². The number of rotatable bonds is 3. The summed E-state index contributed by atoms with van der Waals surface area (Å²) in [6.07, 6.45) is 0. The standard InChI is InChI=1S/C11H16ClNOS/c1-7-5-10(14-4)9(12)6-8(7)11(15)13(2)3/h5-6,11,15H,1-4H3. The summed E-state index contributed by atoms with van der Waals surface area (Å²) in [7, 11) is 5.58. The zero-order chi connectivity index (χ0) is 11.6. The summed E-state index contributed by atoms with van der Waals surface area (Å²) in [6.45, 7) is 2.03. The van der Waals surface area contributed by atoms with Crippen LogP contribution < -0.4 is 4.74 Å². The van der Waals surface area contributed by atoms with Gasteiger partial charge in [-0.1, -0.05) is 11.6 Å². The predicted octanol–water partition coefficient (Wildman–Crippen LogP) is 3.15. The van der Waals surface area contributed by atoms with E-state index in [-0.39, 0.29) is 5.37 Å². The fourth-order valence-electron chi connectivity index (χ4n) is 1.38. The van der Waals surface area contributed by atoms with Crippen molar-refractivity contribution < 1.29 is 4.74 Å². The molecule has 0 spiro atoms. The zero-order valence-corrected chi connectivity index (χ0v) is 11.1. The highest BCUT2D eigenvalue weighted by atomic mass is 35.5.